The fourth-order valence-electron chi connectivity index (χ4n) is 1.22. The summed E-state index contributed by atoms with van der Waals surface area (Å²) >= 11 is 1.66. The van der Waals surface area contributed by atoms with E-state index in [0.29, 0.717) is 0 Å². The second kappa shape index (κ2) is 4.65. The molecule has 72 valence electrons. The van der Waals surface area contributed by atoms with Gasteiger partial charge < -0.3 is 10.8 Å². The van der Waals surface area contributed by atoms with Gasteiger partial charge in [0.05, 0.1) is 12.6 Å². The van der Waals surface area contributed by atoms with Crippen LogP contribution in [0.5, 0.6) is 0 Å². The average molecular weight is 197 g/mol. The predicted octanol–water partition coefficient (Wildman–Crippen LogP) is 1.71. The Bertz CT molecular complexity index is 288. The van der Waals surface area contributed by atoms with Gasteiger partial charge in [0, 0.05) is 4.90 Å². The maximum absolute atomic E-state index is 8.94. The first kappa shape index (κ1) is 10.6. The fraction of sp³-hybridized carbons (Fsp3) is 0.400. The maximum atomic E-state index is 8.94. The van der Waals surface area contributed by atoms with Crippen molar-refractivity contribution in [2.24, 2.45) is 5.73 Å². The Balaban J connectivity index is 3.05. The summed E-state index contributed by atoms with van der Waals surface area (Å²) in [5.74, 6) is 0. The molecule has 1 aromatic carbocycles. The highest BCUT2D eigenvalue weighted by molar-refractivity contribution is 7.98. The van der Waals surface area contributed by atoms with E-state index in [9.17, 15) is 0 Å². The Hall–Kier alpha value is -0.510. The minimum absolute atomic E-state index is 0.00335. The van der Waals surface area contributed by atoms with Gasteiger partial charge in [0.15, 0.2) is 0 Å². The third-order valence-corrected chi connectivity index (χ3v) is 2.78. The van der Waals surface area contributed by atoms with Crippen LogP contribution in [0.4, 0.5) is 0 Å². The molecule has 0 amide bonds. The summed E-state index contributed by atoms with van der Waals surface area (Å²) in [4.78, 5) is 1.15. The van der Waals surface area contributed by atoms with Gasteiger partial charge in [-0.15, -0.1) is 11.8 Å². The zero-order chi connectivity index (χ0) is 9.84. The van der Waals surface area contributed by atoms with Gasteiger partial charge in [-0.3, -0.25) is 0 Å². The largest absolute Gasteiger partial charge is 0.394 e. The highest BCUT2D eigenvalue weighted by Gasteiger charge is 2.08. The molecular weight excluding hydrogens is 182 g/mol. The van der Waals surface area contributed by atoms with E-state index in [1.54, 1.807) is 11.8 Å². The van der Waals surface area contributed by atoms with Gasteiger partial charge in [0.2, 0.25) is 0 Å². The van der Waals surface area contributed by atoms with Gasteiger partial charge in [-0.1, -0.05) is 12.1 Å². The molecule has 0 spiro atoms. The van der Waals surface area contributed by atoms with E-state index in [1.165, 1.54) is 5.56 Å². The lowest BCUT2D eigenvalue weighted by Crippen LogP contribution is -2.15. The summed E-state index contributed by atoms with van der Waals surface area (Å²) in [6.07, 6.45) is 2.02. The van der Waals surface area contributed by atoms with Crippen molar-refractivity contribution >= 4 is 11.8 Å². The summed E-state index contributed by atoms with van der Waals surface area (Å²) in [7, 11) is 0. The van der Waals surface area contributed by atoms with Crippen LogP contribution in [0.2, 0.25) is 0 Å². The molecule has 0 bridgehead atoms. The molecule has 0 fully saturated rings. The Labute approximate surface area is 83.1 Å². The zero-order valence-electron chi connectivity index (χ0n) is 7.95. The van der Waals surface area contributed by atoms with Crippen LogP contribution < -0.4 is 5.73 Å². The first-order valence-corrected chi connectivity index (χ1v) is 5.42. The van der Waals surface area contributed by atoms with E-state index >= 15 is 0 Å². The molecule has 0 heterocycles. The molecule has 3 N–H and O–H groups in total. The van der Waals surface area contributed by atoms with Crippen LogP contribution in [0.3, 0.4) is 0 Å². The molecular formula is C10H15NOS. The number of benzene rings is 1. The molecule has 0 radical (unpaired) electrons. The van der Waals surface area contributed by atoms with E-state index in [4.69, 9.17) is 10.8 Å². The second-order valence-electron chi connectivity index (χ2n) is 3.03. The van der Waals surface area contributed by atoms with Crippen LogP contribution in [-0.2, 0) is 0 Å². The predicted molar refractivity (Wildman–Crippen MR) is 57.0 cm³/mol. The SMILES string of the molecule is CSc1cc(C)ccc1C(N)CO. The minimum Gasteiger partial charge on any atom is -0.394 e. The molecule has 3 heteroatoms. The highest BCUT2D eigenvalue weighted by Crippen LogP contribution is 2.25. The molecule has 0 aliphatic carbocycles. The lowest BCUT2D eigenvalue weighted by molar-refractivity contribution is 0.266. The highest BCUT2D eigenvalue weighted by atomic mass is 32.2. The molecule has 0 aliphatic rings. The number of thioether (sulfide) groups is 1. The standard InChI is InChI=1S/C10H15NOS/c1-7-3-4-8(9(11)6-12)10(5-7)13-2/h3-5,9,12H,6,11H2,1-2H3. The third kappa shape index (κ3) is 2.46. The molecule has 1 rings (SSSR count). The van der Waals surface area contributed by atoms with Gasteiger partial charge in [0.1, 0.15) is 0 Å². The Morgan fingerprint density at radius 2 is 2.23 bits per heavy atom. The van der Waals surface area contributed by atoms with Crippen molar-refractivity contribution < 1.29 is 5.11 Å². The van der Waals surface area contributed by atoms with Crippen molar-refractivity contribution in [3.05, 3.63) is 29.3 Å². The lowest BCUT2D eigenvalue weighted by atomic mass is 10.1. The molecule has 1 atom stereocenters. The quantitative estimate of drug-likeness (QED) is 0.725. The smallest absolute Gasteiger partial charge is 0.0624 e. The first-order valence-electron chi connectivity index (χ1n) is 4.20. The maximum Gasteiger partial charge on any atom is 0.0624 e. The number of aliphatic hydroxyl groups is 1. The van der Waals surface area contributed by atoms with Gasteiger partial charge in [-0.05, 0) is 30.4 Å². The van der Waals surface area contributed by atoms with Gasteiger partial charge >= 0.3 is 0 Å². The van der Waals surface area contributed by atoms with Crippen molar-refractivity contribution in [2.45, 2.75) is 17.9 Å². The van der Waals surface area contributed by atoms with E-state index < -0.39 is 0 Å². The zero-order valence-corrected chi connectivity index (χ0v) is 8.77. The molecule has 2 nitrogen and oxygen atoms in total. The average Bonchev–Trinajstić information content (AvgIpc) is 2.16. The number of hydrogen-bond acceptors (Lipinski definition) is 3. The van der Waals surface area contributed by atoms with Crippen LogP contribution in [-0.4, -0.2) is 18.0 Å². The topological polar surface area (TPSA) is 46.2 Å². The van der Waals surface area contributed by atoms with Crippen LogP contribution in [0, 0.1) is 6.92 Å². The Morgan fingerprint density at radius 1 is 1.54 bits per heavy atom. The second-order valence-corrected chi connectivity index (χ2v) is 3.88. The molecule has 1 unspecified atom stereocenters. The Morgan fingerprint density at radius 3 is 2.77 bits per heavy atom. The summed E-state index contributed by atoms with van der Waals surface area (Å²) in [6, 6.07) is 5.84. The summed E-state index contributed by atoms with van der Waals surface area (Å²) in [5, 5.41) is 8.94. The number of aliphatic hydroxyl groups excluding tert-OH is 1. The summed E-state index contributed by atoms with van der Waals surface area (Å²) in [5.41, 5.74) is 8.01. The van der Waals surface area contributed by atoms with E-state index in [0.717, 1.165) is 10.5 Å². The number of aryl methyl sites for hydroxylation is 1. The monoisotopic (exact) mass is 197 g/mol. The van der Waals surface area contributed by atoms with Crippen LogP contribution in [0.25, 0.3) is 0 Å². The van der Waals surface area contributed by atoms with Gasteiger partial charge in [-0.2, -0.15) is 0 Å². The normalized spacial score (nSPS) is 12.9. The van der Waals surface area contributed by atoms with E-state index in [1.807, 2.05) is 25.3 Å². The molecule has 1 aromatic rings. The Kier molecular flexibility index (Phi) is 3.78. The van der Waals surface area contributed by atoms with Crippen molar-refractivity contribution in [2.75, 3.05) is 12.9 Å². The molecule has 0 aromatic heterocycles. The molecule has 0 saturated heterocycles. The number of nitrogens with two attached hydrogens (primary N) is 1. The third-order valence-electron chi connectivity index (χ3n) is 1.99. The first-order chi connectivity index (χ1) is 6.19. The molecule has 0 aliphatic heterocycles. The number of hydrogen-bond donors (Lipinski definition) is 2. The van der Waals surface area contributed by atoms with Gasteiger partial charge in [0.25, 0.3) is 0 Å². The van der Waals surface area contributed by atoms with Crippen LogP contribution >= 0.6 is 11.8 Å². The molecule has 13 heavy (non-hydrogen) atoms. The fourth-order valence-corrected chi connectivity index (χ4v) is 1.98. The van der Waals surface area contributed by atoms with Crippen molar-refractivity contribution in [3.63, 3.8) is 0 Å². The van der Waals surface area contributed by atoms with Crippen molar-refractivity contribution in [1.82, 2.24) is 0 Å². The van der Waals surface area contributed by atoms with E-state index in [-0.39, 0.29) is 12.6 Å². The lowest BCUT2D eigenvalue weighted by Gasteiger charge is -2.13. The molecule has 0 saturated carbocycles. The van der Waals surface area contributed by atoms with Crippen molar-refractivity contribution in [1.29, 1.82) is 0 Å². The number of rotatable bonds is 3. The minimum atomic E-state index is -0.261. The van der Waals surface area contributed by atoms with E-state index in [2.05, 4.69) is 6.07 Å². The van der Waals surface area contributed by atoms with Crippen LogP contribution in [0.1, 0.15) is 17.2 Å². The van der Waals surface area contributed by atoms with Gasteiger partial charge in [-0.25, -0.2) is 0 Å². The van der Waals surface area contributed by atoms with Crippen LogP contribution in [0.15, 0.2) is 23.1 Å². The summed E-state index contributed by atoms with van der Waals surface area (Å²) in [6.45, 7) is 2.05. The van der Waals surface area contributed by atoms with Crippen molar-refractivity contribution in [3.8, 4) is 0 Å². The summed E-state index contributed by atoms with van der Waals surface area (Å²) < 4.78 is 0.